The van der Waals surface area contributed by atoms with Crippen LogP contribution in [0.2, 0.25) is 0 Å². The van der Waals surface area contributed by atoms with Crippen molar-refractivity contribution >= 4 is 55.7 Å². The molecule has 8 heteroatoms. The zero-order valence-corrected chi connectivity index (χ0v) is 17.0. The molecule has 0 amide bonds. The molecule has 1 aromatic rings. The van der Waals surface area contributed by atoms with Crippen molar-refractivity contribution < 1.29 is 8.42 Å². The summed E-state index contributed by atoms with van der Waals surface area (Å²) in [6, 6.07) is 6.88. The minimum absolute atomic E-state index is 0. The van der Waals surface area contributed by atoms with Gasteiger partial charge in [-0.3, -0.25) is 4.99 Å². The smallest absolute Gasteiger partial charge is 0.191 e. The fraction of sp³-hybridized carbons (Fsp3) is 0.462. The molecule has 0 bridgehead atoms. The summed E-state index contributed by atoms with van der Waals surface area (Å²) in [5, 5.41) is 6.09. The third-order valence-corrected chi connectivity index (χ3v) is 4.75. The number of hydrogen-bond acceptors (Lipinski definition) is 3. The molecule has 0 aliphatic rings. The minimum Gasteiger partial charge on any atom is -0.355 e. The summed E-state index contributed by atoms with van der Waals surface area (Å²) in [7, 11) is -1.62. The Labute approximate surface area is 152 Å². The monoisotopic (exact) mass is 489 g/mol. The molecule has 0 aromatic heterocycles. The second-order valence-corrected chi connectivity index (χ2v) is 7.60. The van der Waals surface area contributed by atoms with Crippen molar-refractivity contribution in [2.75, 3.05) is 19.3 Å². The molecule has 0 aliphatic carbocycles. The predicted molar refractivity (Wildman–Crippen MR) is 101 cm³/mol. The molecule has 0 saturated heterocycles. The molecular formula is C13H21BrIN3O2S. The third kappa shape index (κ3) is 7.46. The van der Waals surface area contributed by atoms with Gasteiger partial charge in [-0.1, -0.05) is 15.9 Å². The normalized spacial score (nSPS) is 12.0. The third-order valence-electron chi connectivity index (χ3n) is 2.48. The average molecular weight is 490 g/mol. The summed E-state index contributed by atoms with van der Waals surface area (Å²) in [5.41, 5.74) is 0. The van der Waals surface area contributed by atoms with E-state index in [9.17, 15) is 8.42 Å². The summed E-state index contributed by atoms with van der Waals surface area (Å²) in [5.74, 6) is 0.624. The van der Waals surface area contributed by atoms with E-state index in [1.807, 2.05) is 13.8 Å². The zero-order valence-electron chi connectivity index (χ0n) is 12.3. The number of nitrogens with one attached hydrogen (secondary N) is 2. The first kappa shape index (κ1) is 20.6. The van der Waals surface area contributed by atoms with Gasteiger partial charge in [0, 0.05) is 24.1 Å². The van der Waals surface area contributed by atoms with Crippen molar-refractivity contribution in [3.05, 3.63) is 28.7 Å². The van der Waals surface area contributed by atoms with E-state index in [1.54, 1.807) is 31.3 Å². The number of aliphatic imine (C=N–C) groups is 1. The largest absolute Gasteiger partial charge is 0.355 e. The van der Waals surface area contributed by atoms with E-state index in [0.717, 1.165) is 4.47 Å². The van der Waals surface area contributed by atoms with Crippen LogP contribution < -0.4 is 10.6 Å². The number of benzene rings is 1. The van der Waals surface area contributed by atoms with E-state index < -0.39 is 9.84 Å². The van der Waals surface area contributed by atoms with Gasteiger partial charge in [-0.2, -0.15) is 0 Å². The van der Waals surface area contributed by atoms with Gasteiger partial charge in [0.1, 0.15) is 0 Å². The highest BCUT2D eigenvalue weighted by Gasteiger charge is 2.14. The molecule has 0 unspecified atom stereocenters. The quantitative estimate of drug-likeness (QED) is 0.378. The minimum atomic E-state index is -3.28. The van der Waals surface area contributed by atoms with Crippen molar-refractivity contribution in [1.82, 2.24) is 10.6 Å². The molecule has 0 atom stereocenters. The van der Waals surface area contributed by atoms with E-state index in [4.69, 9.17) is 0 Å². The lowest BCUT2D eigenvalue weighted by Gasteiger charge is -2.14. The van der Waals surface area contributed by atoms with Crippen LogP contribution in [0.15, 0.2) is 38.6 Å². The number of halogens is 2. The van der Waals surface area contributed by atoms with Crippen molar-refractivity contribution in [2.24, 2.45) is 4.99 Å². The average Bonchev–Trinajstić information content (AvgIpc) is 2.37. The Hall–Kier alpha value is -0.350. The molecule has 0 heterocycles. The standard InChI is InChI=1S/C13H20BrN3O2S.HI/c1-10(2)17-13(15-3)16-8-9-20(18,19)12-6-4-11(14)5-7-12;/h4-7,10H,8-9H2,1-3H3,(H2,15,16,17);1H. The fourth-order valence-corrected chi connectivity index (χ4v) is 2.95. The summed E-state index contributed by atoms with van der Waals surface area (Å²) >= 11 is 3.28. The van der Waals surface area contributed by atoms with Crippen molar-refractivity contribution in [3.63, 3.8) is 0 Å². The van der Waals surface area contributed by atoms with Gasteiger partial charge in [0.25, 0.3) is 0 Å². The Balaban J connectivity index is 0.00000400. The molecule has 0 aliphatic heterocycles. The Bertz CT molecular complexity index is 559. The van der Waals surface area contributed by atoms with Gasteiger partial charge >= 0.3 is 0 Å². The van der Waals surface area contributed by atoms with E-state index in [-0.39, 0.29) is 35.8 Å². The van der Waals surface area contributed by atoms with Crippen LogP contribution in [0.1, 0.15) is 13.8 Å². The molecule has 0 fully saturated rings. The molecule has 0 saturated carbocycles. The Kier molecular flexibility index (Phi) is 9.46. The van der Waals surface area contributed by atoms with Gasteiger partial charge in [0.2, 0.25) is 0 Å². The molecule has 5 nitrogen and oxygen atoms in total. The lowest BCUT2D eigenvalue weighted by molar-refractivity contribution is 0.594. The van der Waals surface area contributed by atoms with Gasteiger partial charge in [0.15, 0.2) is 15.8 Å². The predicted octanol–water partition coefficient (Wildman–Crippen LogP) is 2.41. The number of sulfone groups is 1. The maximum absolute atomic E-state index is 12.1. The Morgan fingerprint density at radius 3 is 2.33 bits per heavy atom. The van der Waals surface area contributed by atoms with Crippen LogP contribution in [0, 0.1) is 0 Å². The van der Waals surface area contributed by atoms with Crippen LogP contribution in [0.4, 0.5) is 0 Å². The number of hydrogen-bond donors (Lipinski definition) is 2. The molecule has 120 valence electrons. The summed E-state index contributed by atoms with van der Waals surface area (Å²) in [6.45, 7) is 4.29. The lowest BCUT2D eigenvalue weighted by Crippen LogP contribution is -2.42. The van der Waals surface area contributed by atoms with Gasteiger partial charge in [-0.15, -0.1) is 24.0 Å². The van der Waals surface area contributed by atoms with Crippen molar-refractivity contribution in [1.29, 1.82) is 0 Å². The Morgan fingerprint density at radius 2 is 1.86 bits per heavy atom. The summed E-state index contributed by atoms with van der Waals surface area (Å²) < 4.78 is 25.1. The van der Waals surface area contributed by atoms with Crippen molar-refractivity contribution in [2.45, 2.75) is 24.8 Å². The molecular weight excluding hydrogens is 469 g/mol. The van der Waals surface area contributed by atoms with E-state index in [1.165, 1.54) is 0 Å². The summed E-state index contributed by atoms with van der Waals surface area (Å²) in [4.78, 5) is 4.35. The molecule has 1 rings (SSSR count). The molecule has 0 radical (unpaired) electrons. The maximum Gasteiger partial charge on any atom is 0.191 e. The van der Waals surface area contributed by atoms with E-state index in [2.05, 4.69) is 31.6 Å². The van der Waals surface area contributed by atoms with Crippen LogP contribution in [-0.2, 0) is 9.84 Å². The topological polar surface area (TPSA) is 70.6 Å². The zero-order chi connectivity index (χ0) is 15.2. The summed E-state index contributed by atoms with van der Waals surface area (Å²) in [6.07, 6.45) is 0. The second kappa shape index (κ2) is 9.62. The fourth-order valence-electron chi connectivity index (χ4n) is 1.53. The highest BCUT2D eigenvalue weighted by Crippen LogP contribution is 2.15. The lowest BCUT2D eigenvalue weighted by atomic mass is 10.4. The first-order valence-electron chi connectivity index (χ1n) is 6.30. The Morgan fingerprint density at radius 1 is 1.29 bits per heavy atom. The number of guanidine groups is 1. The highest BCUT2D eigenvalue weighted by molar-refractivity contribution is 14.0. The molecule has 1 aromatic carbocycles. The molecule has 2 N–H and O–H groups in total. The molecule has 0 spiro atoms. The van der Waals surface area contributed by atoms with Crippen LogP contribution >= 0.6 is 39.9 Å². The first-order valence-corrected chi connectivity index (χ1v) is 8.75. The van der Waals surface area contributed by atoms with E-state index in [0.29, 0.717) is 17.4 Å². The second-order valence-electron chi connectivity index (χ2n) is 4.57. The van der Waals surface area contributed by atoms with Gasteiger partial charge in [-0.25, -0.2) is 8.42 Å². The number of rotatable bonds is 5. The maximum atomic E-state index is 12.1. The SMILES string of the molecule is CN=C(NCCS(=O)(=O)c1ccc(Br)cc1)NC(C)C.I. The van der Waals surface area contributed by atoms with E-state index >= 15 is 0 Å². The van der Waals surface area contributed by atoms with Gasteiger partial charge < -0.3 is 10.6 Å². The highest BCUT2D eigenvalue weighted by atomic mass is 127. The van der Waals surface area contributed by atoms with Crippen LogP contribution in [-0.4, -0.2) is 39.8 Å². The van der Waals surface area contributed by atoms with Crippen LogP contribution in [0.5, 0.6) is 0 Å². The van der Waals surface area contributed by atoms with Crippen LogP contribution in [0.3, 0.4) is 0 Å². The van der Waals surface area contributed by atoms with Gasteiger partial charge in [0.05, 0.1) is 10.6 Å². The van der Waals surface area contributed by atoms with Crippen molar-refractivity contribution in [3.8, 4) is 0 Å². The molecule has 21 heavy (non-hydrogen) atoms. The number of nitrogens with zero attached hydrogens (tertiary/aromatic N) is 1. The first-order chi connectivity index (χ1) is 9.35. The van der Waals surface area contributed by atoms with Gasteiger partial charge in [-0.05, 0) is 38.1 Å². The van der Waals surface area contributed by atoms with Crippen LogP contribution in [0.25, 0.3) is 0 Å².